The third kappa shape index (κ3) is 9.69. The zero-order valence-corrected chi connectivity index (χ0v) is 10.6. The second kappa shape index (κ2) is 10.7. The van der Waals surface area contributed by atoms with Crippen LogP contribution in [0.2, 0.25) is 0 Å². The van der Waals surface area contributed by atoms with Crippen molar-refractivity contribution in [1.29, 1.82) is 0 Å². The first-order valence-corrected chi connectivity index (χ1v) is 6.38. The molecule has 0 aliphatic carbocycles. The number of unbranched alkanes of at least 4 members (excludes halogenated alkanes) is 3. The summed E-state index contributed by atoms with van der Waals surface area (Å²) >= 11 is 0. The van der Waals surface area contributed by atoms with E-state index >= 15 is 0 Å². The summed E-state index contributed by atoms with van der Waals surface area (Å²) in [5.41, 5.74) is 0. The molecule has 0 aromatic heterocycles. The maximum absolute atomic E-state index is 11.2. The topological polar surface area (TPSA) is 43.4 Å². The molecule has 0 atom stereocenters. The lowest BCUT2D eigenvalue weighted by molar-refractivity contribution is -0.143. The molecule has 0 saturated heterocycles. The van der Waals surface area contributed by atoms with Crippen molar-refractivity contribution in [2.24, 2.45) is 0 Å². The van der Waals surface area contributed by atoms with Crippen molar-refractivity contribution in [2.75, 3.05) is 6.61 Å². The summed E-state index contributed by atoms with van der Waals surface area (Å²) < 4.78 is 5.03. The van der Waals surface area contributed by atoms with Crippen LogP contribution < -0.4 is 0 Å². The first-order valence-electron chi connectivity index (χ1n) is 6.38. The fourth-order valence-electron chi connectivity index (χ4n) is 1.35. The van der Waals surface area contributed by atoms with Gasteiger partial charge in [0.15, 0.2) is 0 Å². The van der Waals surface area contributed by atoms with Gasteiger partial charge in [-0.1, -0.05) is 26.7 Å². The van der Waals surface area contributed by atoms with Crippen LogP contribution in [0.5, 0.6) is 0 Å². The van der Waals surface area contributed by atoms with Gasteiger partial charge in [0, 0.05) is 19.3 Å². The summed E-state index contributed by atoms with van der Waals surface area (Å²) in [7, 11) is 0. The largest absolute Gasteiger partial charge is 0.466 e. The predicted octanol–water partition coefficient (Wildman–Crippen LogP) is 3.26. The van der Waals surface area contributed by atoms with Crippen LogP contribution in [0, 0.1) is 0 Å². The lowest BCUT2D eigenvalue weighted by Crippen LogP contribution is -2.05. The van der Waals surface area contributed by atoms with E-state index in [1.54, 1.807) is 0 Å². The fourth-order valence-corrected chi connectivity index (χ4v) is 1.35. The highest BCUT2D eigenvalue weighted by Gasteiger charge is 2.03. The first kappa shape index (κ1) is 15.1. The SMILES string of the molecule is CCCCOC(=O)CCCCCC(=O)CC. The Kier molecular flexibility index (Phi) is 10.1. The van der Waals surface area contributed by atoms with Gasteiger partial charge in [-0.25, -0.2) is 0 Å². The Balaban J connectivity index is 3.24. The highest BCUT2D eigenvalue weighted by molar-refractivity contribution is 5.77. The molecule has 16 heavy (non-hydrogen) atoms. The number of ketones is 1. The van der Waals surface area contributed by atoms with E-state index in [0.717, 1.165) is 32.1 Å². The molecule has 3 nitrogen and oxygen atoms in total. The molecule has 0 aliphatic heterocycles. The van der Waals surface area contributed by atoms with E-state index in [2.05, 4.69) is 6.92 Å². The van der Waals surface area contributed by atoms with Gasteiger partial charge in [0.25, 0.3) is 0 Å². The molecule has 0 heterocycles. The number of carbonyl (C=O) groups is 2. The zero-order chi connectivity index (χ0) is 12.2. The second-order valence-corrected chi connectivity index (χ2v) is 4.03. The molecule has 0 spiro atoms. The van der Waals surface area contributed by atoms with Gasteiger partial charge in [0.05, 0.1) is 6.61 Å². The highest BCUT2D eigenvalue weighted by Crippen LogP contribution is 2.05. The van der Waals surface area contributed by atoms with Crippen molar-refractivity contribution < 1.29 is 14.3 Å². The van der Waals surface area contributed by atoms with Crippen molar-refractivity contribution in [3.8, 4) is 0 Å². The van der Waals surface area contributed by atoms with E-state index in [1.165, 1.54) is 0 Å². The minimum Gasteiger partial charge on any atom is -0.466 e. The summed E-state index contributed by atoms with van der Waals surface area (Å²) in [6.45, 7) is 4.50. The number of hydrogen-bond acceptors (Lipinski definition) is 3. The van der Waals surface area contributed by atoms with Crippen LogP contribution in [0.4, 0.5) is 0 Å². The third-order valence-corrected chi connectivity index (χ3v) is 2.49. The Labute approximate surface area is 98.6 Å². The molecule has 0 aromatic carbocycles. The Morgan fingerprint density at radius 2 is 1.62 bits per heavy atom. The molecule has 3 heteroatoms. The maximum Gasteiger partial charge on any atom is 0.305 e. The van der Waals surface area contributed by atoms with E-state index in [4.69, 9.17) is 4.74 Å². The molecule has 0 radical (unpaired) electrons. The van der Waals surface area contributed by atoms with Gasteiger partial charge in [0.1, 0.15) is 5.78 Å². The van der Waals surface area contributed by atoms with E-state index < -0.39 is 0 Å². The molecule has 0 bridgehead atoms. The van der Waals surface area contributed by atoms with Gasteiger partial charge in [-0.2, -0.15) is 0 Å². The monoisotopic (exact) mass is 228 g/mol. The summed E-state index contributed by atoms with van der Waals surface area (Å²) in [6.07, 6.45) is 6.43. The van der Waals surface area contributed by atoms with Crippen molar-refractivity contribution in [3.63, 3.8) is 0 Å². The quantitative estimate of drug-likeness (QED) is 0.426. The number of carbonyl (C=O) groups excluding carboxylic acids is 2. The molecular formula is C13H24O3. The first-order chi connectivity index (χ1) is 7.70. The van der Waals surface area contributed by atoms with Gasteiger partial charge in [0.2, 0.25) is 0 Å². The van der Waals surface area contributed by atoms with Crippen molar-refractivity contribution in [3.05, 3.63) is 0 Å². The molecular weight excluding hydrogens is 204 g/mol. The Morgan fingerprint density at radius 3 is 2.25 bits per heavy atom. The van der Waals surface area contributed by atoms with E-state index in [9.17, 15) is 9.59 Å². The van der Waals surface area contributed by atoms with Crippen LogP contribution in [0.25, 0.3) is 0 Å². The standard InChI is InChI=1S/C13H24O3/c1-3-5-11-16-13(15)10-8-6-7-9-12(14)4-2/h3-11H2,1-2H3. The molecule has 0 N–H and O–H groups in total. The van der Waals surface area contributed by atoms with Crippen molar-refractivity contribution >= 4 is 11.8 Å². The number of ether oxygens (including phenoxy) is 1. The summed E-state index contributed by atoms with van der Waals surface area (Å²) in [5.74, 6) is 0.209. The van der Waals surface area contributed by atoms with Crippen molar-refractivity contribution in [2.45, 2.75) is 65.2 Å². The van der Waals surface area contributed by atoms with Crippen LogP contribution >= 0.6 is 0 Å². The van der Waals surface area contributed by atoms with Gasteiger partial charge >= 0.3 is 5.97 Å². The summed E-state index contributed by atoms with van der Waals surface area (Å²) in [6, 6.07) is 0. The van der Waals surface area contributed by atoms with Crippen LogP contribution in [-0.4, -0.2) is 18.4 Å². The number of Topliss-reactive ketones (excluding diaryl/α,β-unsaturated/α-hetero) is 1. The van der Waals surface area contributed by atoms with Crippen molar-refractivity contribution in [1.82, 2.24) is 0 Å². The second-order valence-electron chi connectivity index (χ2n) is 4.03. The van der Waals surface area contributed by atoms with Gasteiger partial charge in [-0.3, -0.25) is 9.59 Å². The normalized spacial score (nSPS) is 10.1. The van der Waals surface area contributed by atoms with E-state index in [0.29, 0.717) is 31.7 Å². The molecule has 0 unspecified atom stereocenters. The maximum atomic E-state index is 11.2. The molecule has 0 amide bonds. The van der Waals surface area contributed by atoms with Crippen LogP contribution in [0.1, 0.15) is 65.2 Å². The number of esters is 1. The summed E-state index contributed by atoms with van der Waals surface area (Å²) in [5, 5.41) is 0. The third-order valence-electron chi connectivity index (χ3n) is 2.49. The van der Waals surface area contributed by atoms with Gasteiger partial charge in [-0.05, 0) is 19.3 Å². The van der Waals surface area contributed by atoms with Crippen LogP contribution in [0.15, 0.2) is 0 Å². The average Bonchev–Trinajstić information content (AvgIpc) is 2.28. The molecule has 0 saturated carbocycles. The zero-order valence-electron chi connectivity index (χ0n) is 10.6. The fraction of sp³-hybridized carbons (Fsp3) is 0.846. The smallest absolute Gasteiger partial charge is 0.305 e. The van der Waals surface area contributed by atoms with E-state index in [-0.39, 0.29) is 5.97 Å². The number of hydrogen-bond donors (Lipinski definition) is 0. The average molecular weight is 228 g/mol. The molecule has 0 rings (SSSR count). The Hall–Kier alpha value is -0.860. The Morgan fingerprint density at radius 1 is 0.938 bits per heavy atom. The lowest BCUT2D eigenvalue weighted by Gasteiger charge is -2.03. The molecule has 0 fully saturated rings. The van der Waals surface area contributed by atoms with Crippen LogP contribution in [0.3, 0.4) is 0 Å². The minimum absolute atomic E-state index is 0.102. The van der Waals surface area contributed by atoms with E-state index in [1.807, 2.05) is 6.92 Å². The summed E-state index contributed by atoms with van der Waals surface area (Å²) in [4.78, 5) is 22.2. The Bertz CT molecular complexity index is 199. The highest BCUT2D eigenvalue weighted by atomic mass is 16.5. The molecule has 0 aromatic rings. The van der Waals surface area contributed by atoms with Crippen LogP contribution in [-0.2, 0) is 14.3 Å². The predicted molar refractivity (Wildman–Crippen MR) is 64.3 cm³/mol. The van der Waals surface area contributed by atoms with Gasteiger partial charge in [-0.15, -0.1) is 0 Å². The van der Waals surface area contributed by atoms with Gasteiger partial charge < -0.3 is 4.74 Å². The number of rotatable bonds is 10. The molecule has 0 aliphatic rings. The lowest BCUT2D eigenvalue weighted by atomic mass is 10.1. The minimum atomic E-state index is -0.102. The molecule has 94 valence electrons.